The van der Waals surface area contributed by atoms with Gasteiger partial charge in [0.15, 0.2) is 0 Å². The first-order chi connectivity index (χ1) is 8.75. The molecular weight excluding hydrogens is 248 g/mol. The van der Waals surface area contributed by atoms with E-state index in [1.807, 2.05) is 43.3 Å². The summed E-state index contributed by atoms with van der Waals surface area (Å²) >= 11 is 5.89. The normalized spacial score (nSPS) is 10.1. The third-order valence-corrected chi connectivity index (χ3v) is 2.71. The Morgan fingerprint density at radius 3 is 2.94 bits per heavy atom. The van der Waals surface area contributed by atoms with Crippen molar-refractivity contribution >= 4 is 17.3 Å². The molecule has 2 aromatic rings. The average molecular weight is 263 g/mol. The summed E-state index contributed by atoms with van der Waals surface area (Å²) in [7, 11) is 0. The molecule has 0 spiro atoms. The van der Waals surface area contributed by atoms with E-state index >= 15 is 0 Å². The lowest BCUT2D eigenvalue weighted by Gasteiger charge is -2.10. The van der Waals surface area contributed by atoms with Crippen LogP contribution in [0.5, 0.6) is 5.75 Å². The molecule has 1 heterocycles. The second-order valence-corrected chi connectivity index (χ2v) is 4.31. The largest absolute Gasteiger partial charge is 0.490 e. The zero-order chi connectivity index (χ0) is 12.8. The minimum atomic E-state index is 0.582. The van der Waals surface area contributed by atoms with Crippen LogP contribution in [0.2, 0.25) is 5.02 Å². The summed E-state index contributed by atoms with van der Waals surface area (Å²) in [6, 6.07) is 11.4. The summed E-state index contributed by atoms with van der Waals surface area (Å²) < 4.78 is 5.63. The second-order valence-electron chi connectivity index (χ2n) is 3.87. The van der Waals surface area contributed by atoms with Gasteiger partial charge in [0.25, 0.3) is 0 Å². The highest BCUT2D eigenvalue weighted by molar-refractivity contribution is 6.30. The lowest BCUT2D eigenvalue weighted by molar-refractivity contribution is 0.329. The Hall–Kier alpha value is -1.74. The molecule has 3 nitrogen and oxygen atoms in total. The van der Waals surface area contributed by atoms with Crippen molar-refractivity contribution in [1.82, 2.24) is 4.98 Å². The number of hydrogen-bond acceptors (Lipinski definition) is 3. The molecule has 0 unspecified atom stereocenters. The molecule has 0 aliphatic rings. The van der Waals surface area contributed by atoms with Gasteiger partial charge in [-0.15, -0.1) is 0 Å². The Morgan fingerprint density at radius 2 is 2.17 bits per heavy atom. The molecule has 4 heteroatoms. The fourth-order valence-electron chi connectivity index (χ4n) is 1.58. The van der Waals surface area contributed by atoms with Gasteiger partial charge in [-0.2, -0.15) is 0 Å². The van der Waals surface area contributed by atoms with E-state index in [0.29, 0.717) is 13.2 Å². The number of aromatic nitrogens is 1. The van der Waals surface area contributed by atoms with Crippen molar-refractivity contribution in [3.8, 4) is 5.75 Å². The minimum absolute atomic E-state index is 0.582. The number of rotatable bonds is 5. The van der Waals surface area contributed by atoms with Crippen LogP contribution < -0.4 is 10.1 Å². The molecule has 94 valence electrons. The Labute approximate surface area is 112 Å². The molecule has 1 N–H and O–H groups in total. The first kappa shape index (κ1) is 12.7. The van der Waals surface area contributed by atoms with Gasteiger partial charge in [-0.25, -0.2) is 0 Å². The first-order valence-electron chi connectivity index (χ1n) is 5.79. The molecule has 2 rings (SSSR count). The zero-order valence-electron chi connectivity index (χ0n) is 10.2. The van der Waals surface area contributed by atoms with E-state index in [9.17, 15) is 0 Å². The van der Waals surface area contributed by atoms with Gasteiger partial charge in [-0.3, -0.25) is 4.98 Å². The summed E-state index contributed by atoms with van der Waals surface area (Å²) in [5, 5.41) is 3.97. The average Bonchev–Trinajstić information content (AvgIpc) is 2.37. The number of anilines is 1. The summed E-state index contributed by atoms with van der Waals surface area (Å²) in [6.45, 7) is 3.23. The summed E-state index contributed by atoms with van der Waals surface area (Å²) in [5.41, 5.74) is 1.90. The molecule has 0 bridgehead atoms. The SMILES string of the molecule is Cc1ncccc1OCCNc1cccc(Cl)c1. The van der Waals surface area contributed by atoms with Crippen LogP contribution in [-0.4, -0.2) is 18.1 Å². The van der Waals surface area contributed by atoms with Crippen molar-refractivity contribution in [2.75, 3.05) is 18.5 Å². The van der Waals surface area contributed by atoms with E-state index in [4.69, 9.17) is 16.3 Å². The van der Waals surface area contributed by atoms with Crippen molar-refractivity contribution < 1.29 is 4.74 Å². The van der Waals surface area contributed by atoms with Gasteiger partial charge in [0, 0.05) is 23.5 Å². The van der Waals surface area contributed by atoms with Crippen LogP contribution in [0, 0.1) is 6.92 Å². The highest BCUT2D eigenvalue weighted by atomic mass is 35.5. The highest BCUT2D eigenvalue weighted by Gasteiger charge is 1.98. The lowest BCUT2D eigenvalue weighted by atomic mass is 10.3. The van der Waals surface area contributed by atoms with Crippen LogP contribution in [0.4, 0.5) is 5.69 Å². The standard InChI is InChI=1S/C14H15ClN2O/c1-11-14(6-3-7-16-11)18-9-8-17-13-5-2-4-12(15)10-13/h2-7,10,17H,8-9H2,1H3. The molecule has 0 saturated heterocycles. The van der Waals surface area contributed by atoms with Crippen LogP contribution in [0.25, 0.3) is 0 Å². The van der Waals surface area contributed by atoms with Gasteiger partial charge in [-0.1, -0.05) is 17.7 Å². The number of nitrogens with zero attached hydrogens (tertiary/aromatic N) is 1. The number of pyridine rings is 1. The summed E-state index contributed by atoms with van der Waals surface area (Å²) in [4.78, 5) is 4.16. The number of hydrogen-bond donors (Lipinski definition) is 1. The number of benzene rings is 1. The molecule has 1 aromatic heterocycles. The lowest BCUT2D eigenvalue weighted by Crippen LogP contribution is -2.12. The molecule has 0 fully saturated rings. The molecule has 0 radical (unpaired) electrons. The molecule has 0 aliphatic carbocycles. The van der Waals surface area contributed by atoms with Crippen LogP contribution in [0.1, 0.15) is 5.69 Å². The minimum Gasteiger partial charge on any atom is -0.490 e. The monoisotopic (exact) mass is 262 g/mol. The maximum atomic E-state index is 5.89. The Kier molecular flexibility index (Phi) is 4.42. The van der Waals surface area contributed by atoms with Gasteiger partial charge >= 0.3 is 0 Å². The van der Waals surface area contributed by atoms with Crippen molar-refractivity contribution in [2.24, 2.45) is 0 Å². The number of aryl methyl sites for hydroxylation is 1. The van der Waals surface area contributed by atoms with Gasteiger partial charge in [0.1, 0.15) is 12.4 Å². The molecule has 0 amide bonds. The van der Waals surface area contributed by atoms with Crippen LogP contribution in [0.15, 0.2) is 42.6 Å². The quantitative estimate of drug-likeness (QED) is 0.837. The Balaban J connectivity index is 1.78. The van der Waals surface area contributed by atoms with E-state index < -0.39 is 0 Å². The fourth-order valence-corrected chi connectivity index (χ4v) is 1.77. The van der Waals surface area contributed by atoms with E-state index in [1.165, 1.54) is 0 Å². The van der Waals surface area contributed by atoms with Crippen molar-refractivity contribution in [2.45, 2.75) is 6.92 Å². The molecule has 0 saturated carbocycles. The fraction of sp³-hybridized carbons (Fsp3) is 0.214. The maximum absolute atomic E-state index is 5.89. The topological polar surface area (TPSA) is 34.1 Å². The smallest absolute Gasteiger partial charge is 0.140 e. The number of nitrogens with one attached hydrogen (secondary N) is 1. The van der Waals surface area contributed by atoms with E-state index in [-0.39, 0.29) is 0 Å². The van der Waals surface area contributed by atoms with Crippen molar-refractivity contribution in [3.63, 3.8) is 0 Å². The van der Waals surface area contributed by atoms with Gasteiger partial charge < -0.3 is 10.1 Å². The van der Waals surface area contributed by atoms with E-state index in [1.54, 1.807) is 6.20 Å². The highest BCUT2D eigenvalue weighted by Crippen LogP contribution is 2.15. The summed E-state index contributed by atoms with van der Waals surface area (Å²) in [5.74, 6) is 0.824. The number of halogens is 1. The van der Waals surface area contributed by atoms with Crippen molar-refractivity contribution in [1.29, 1.82) is 0 Å². The predicted molar refractivity (Wildman–Crippen MR) is 74.4 cm³/mol. The molecule has 0 atom stereocenters. The maximum Gasteiger partial charge on any atom is 0.140 e. The third kappa shape index (κ3) is 3.64. The zero-order valence-corrected chi connectivity index (χ0v) is 10.9. The van der Waals surface area contributed by atoms with Gasteiger partial charge in [0.2, 0.25) is 0 Å². The summed E-state index contributed by atoms with van der Waals surface area (Å²) in [6.07, 6.45) is 1.76. The molecule has 18 heavy (non-hydrogen) atoms. The third-order valence-electron chi connectivity index (χ3n) is 2.47. The van der Waals surface area contributed by atoms with Crippen LogP contribution in [-0.2, 0) is 0 Å². The van der Waals surface area contributed by atoms with E-state index in [2.05, 4.69) is 10.3 Å². The molecule has 1 aromatic carbocycles. The predicted octanol–water partition coefficient (Wildman–Crippen LogP) is 3.53. The van der Waals surface area contributed by atoms with Crippen LogP contribution >= 0.6 is 11.6 Å². The van der Waals surface area contributed by atoms with E-state index in [0.717, 1.165) is 22.2 Å². The van der Waals surface area contributed by atoms with Gasteiger partial charge in [0.05, 0.1) is 5.69 Å². The van der Waals surface area contributed by atoms with Gasteiger partial charge in [-0.05, 0) is 37.3 Å². The van der Waals surface area contributed by atoms with Crippen molar-refractivity contribution in [3.05, 3.63) is 53.3 Å². The number of ether oxygens (including phenoxy) is 1. The Bertz CT molecular complexity index is 517. The molecular formula is C14H15ClN2O. The Morgan fingerprint density at radius 1 is 1.28 bits per heavy atom. The molecule has 0 aliphatic heterocycles. The van der Waals surface area contributed by atoms with Crippen LogP contribution in [0.3, 0.4) is 0 Å². The first-order valence-corrected chi connectivity index (χ1v) is 6.17. The second kappa shape index (κ2) is 6.26.